The molecule has 1 aromatic heterocycles. The van der Waals surface area contributed by atoms with Crippen LogP contribution in [0.4, 0.5) is 0 Å². The summed E-state index contributed by atoms with van der Waals surface area (Å²) in [5, 5.41) is 10.8. The molecule has 10 heavy (non-hydrogen) atoms. The molecule has 54 valence electrons. The summed E-state index contributed by atoms with van der Waals surface area (Å²) >= 11 is 0. The second kappa shape index (κ2) is 2.13. The van der Waals surface area contributed by atoms with E-state index in [1.54, 1.807) is 14.1 Å². The zero-order valence-corrected chi connectivity index (χ0v) is 5.87. The standard InChI is InChI=1S/C6H8N2O2/c1-7-3-6(10)8(2)4-5(7)9/h3-4H,1-2H3. The number of aryl methyl sites for hydroxylation is 2. The highest BCUT2D eigenvalue weighted by molar-refractivity contribution is 4.89. The van der Waals surface area contributed by atoms with Crippen molar-refractivity contribution in [2.24, 2.45) is 14.1 Å². The Kier molecular flexibility index (Phi) is 1.45. The third-order valence-corrected chi connectivity index (χ3v) is 1.30. The lowest BCUT2D eigenvalue weighted by Crippen LogP contribution is -2.39. The smallest absolute Gasteiger partial charge is 0.314 e. The fourth-order valence-electron chi connectivity index (χ4n) is 0.641. The van der Waals surface area contributed by atoms with Crippen molar-refractivity contribution < 1.29 is 9.67 Å². The lowest BCUT2D eigenvalue weighted by Gasteiger charge is -2.02. The molecule has 0 saturated heterocycles. The van der Waals surface area contributed by atoms with Gasteiger partial charge in [-0.15, -0.1) is 0 Å². The van der Waals surface area contributed by atoms with Crippen molar-refractivity contribution in [2.75, 3.05) is 0 Å². The van der Waals surface area contributed by atoms with E-state index in [4.69, 9.17) is 0 Å². The maximum atomic E-state index is 10.8. The van der Waals surface area contributed by atoms with Gasteiger partial charge in [0.05, 0.1) is 6.20 Å². The Morgan fingerprint density at radius 3 is 2.80 bits per heavy atom. The SMILES string of the molecule is Cn1cc([O-])[n+](C)cc1=O. The first-order valence-corrected chi connectivity index (χ1v) is 2.84. The van der Waals surface area contributed by atoms with E-state index < -0.39 is 0 Å². The van der Waals surface area contributed by atoms with E-state index in [2.05, 4.69) is 0 Å². The molecule has 1 aromatic rings. The highest BCUT2D eigenvalue weighted by atomic mass is 16.3. The van der Waals surface area contributed by atoms with Gasteiger partial charge in [0.25, 0.3) is 0 Å². The number of aromatic nitrogens is 2. The summed E-state index contributed by atoms with van der Waals surface area (Å²) in [6, 6.07) is 0. The summed E-state index contributed by atoms with van der Waals surface area (Å²) in [5.41, 5.74) is -0.179. The molecule has 4 nitrogen and oxygen atoms in total. The van der Waals surface area contributed by atoms with Gasteiger partial charge in [-0.1, -0.05) is 0 Å². The number of rotatable bonds is 0. The van der Waals surface area contributed by atoms with Gasteiger partial charge < -0.3 is 9.67 Å². The molecule has 0 amide bonds. The quantitative estimate of drug-likeness (QED) is 0.403. The molecule has 0 aromatic carbocycles. The molecule has 0 aliphatic heterocycles. The molecule has 0 bridgehead atoms. The molecule has 0 atom stereocenters. The van der Waals surface area contributed by atoms with Gasteiger partial charge in [-0.3, -0.25) is 4.79 Å². The van der Waals surface area contributed by atoms with Gasteiger partial charge in [0.2, 0.25) is 6.20 Å². The topological polar surface area (TPSA) is 48.9 Å². The minimum Gasteiger partial charge on any atom is -0.822 e. The van der Waals surface area contributed by atoms with Crippen molar-refractivity contribution in [2.45, 2.75) is 0 Å². The van der Waals surface area contributed by atoms with Crippen LogP contribution in [0.5, 0.6) is 5.88 Å². The Morgan fingerprint density at radius 1 is 1.70 bits per heavy atom. The third kappa shape index (κ3) is 1.00. The minimum absolute atomic E-state index is 0.179. The van der Waals surface area contributed by atoms with Gasteiger partial charge in [0.15, 0.2) is 5.88 Å². The fraction of sp³-hybridized carbons (Fsp3) is 0.333. The van der Waals surface area contributed by atoms with E-state index in [1.165, 1.54) is 21.5 Å². The fourth-order valence-corrected chi connectivity index (χ4v) is 0.641. The largest absolute Gasteiger partial charge is 0.822 e. The maximum absolute atomic E-state index is 10.8. The zero-order chi connectivity index (χ0) is 7.72. The molecule has 0 N–H and O–H groups in total. The van der Waals surface area contributed by atoms with Crippen LogP contribution in [0.15, 0.2) is 17.2 Å². The summed E-state index contributed by atoms with van der Waals surface area (Å²) in [4.78, 5) is 10.8. The van der Waals surface area contributed by atoms with Crippen LogP contribution in [0, 0.1) is 0 Å². The number of hydrogen-bond acceptors (Lipinski definition) is 2. The molecule has 1 rings (SSSR count). The Balaban J connectivity index is 3.43. The molecule has 0 aliphatic carbocycles. The lowest BCUT2D eigenvalue weighted by molar-refractivity contribution is -0.715. The van der Waals surface area contributed by atoms with Gasteiger partial charge in [-0.05, 0) is 0 Å². The van der Waals surface area contributed by atoms with Crippen molar-refractivity contribution >= 4 is 0 Å². The molecular weight excluding hydrogens is 132 g/mol. The van der Waals surface area contributed by atoms with Crippen molar-refractivity contribution in [3.05, 3.63) is 22.7 Å². The Bertz CT molecular complexity index is 303. The van der Waals surface area contributed by atoms with E-state index in [0.29, 0.717) is 0 Å². The second-order valence-corrected chi connectivity index (χ2v) is 2.16. The molecule has 0 radical (unpaired) electrons. The average molecular weight is 140 g/mol. The van der Waals surface area contributed by atoms with E-state index >= 15 is 0 Å². The first kappa shape index (κ1) is 6.80. The molecule has 0 saturated carbocycles. The molecule has 0 unspecified atom stereocenters. The summed E-state index contributed by atoms with van der Waals surface area (Å²) < 4.78 is 2.50. The predicted octanol–water partition coefficient (Wildman–Crippen LogP) is -1.72. The normalized spacial score (nSPS) is 9.80. The summed E-state index contributed by atoms with van der Waals surface area (Å²) in [5.74, 6) is -0.179. The molecule has 4 heteroatoms. The molecule has 0 spiro atoms. The van der Waals surface area contributed by atoms with E-state index in [9.17, 15) is 9.90 Å². The van der Waals surface area contributed by atoms with Crippen molar-refractivity contribution in [3.63, 3.8) is 0 Å². The highest BCUT2D eigenvalue weighted by Gasteiger charge is 1.97. The maximum Gasteiger partial charge on any atom is 0.314 e. The van der Waals surface area contributed by atoms with Crippen LogP contribution in [0.1, 0.15) is 0 Å². The monoisotopic (exact) mass is 140 g/mol. The van der Waals surface area contributed by atoms with Gasteiger partial charge >= 0.3 is 5.56 Å². The summed E-state index contributed by atoms with van der Waals surface area (Å²) in [6.07, 6.45) is 2.50. The summed E-state index contributed by atoms with van der Waals surface area (Å²) in [7, 11) is 3.09. The van der Waals surface area contributed by atoms with E-state index in [0.717, 1.165) is 0 Å². The van der Waals surface area contributed by atoms with Crippen molar-refractivity contribution in [3.8, 4) is 5.88 Å². The Labute approximate surface area is 58.0 Å². The van der Waals surface area contributed by atoms with Crippen LogP contribution in [-0.2, 0) is 14.1 Å². The third-order valence-electron chi connectivity index (χ3n) is 1.30. The molecular formula is C6H8N2O2. The second-order valence-electron chi connectivity index (χ2n) is 2.16. The first-order valence-electron chi connectivity index (χ1n) is 2.84. The molecule has 0 aliphatic rings. The van der Waals surface area contributed by atoms with Crippen LogP contribution < -0.4 is 15.2 Å². The van der Waals surface area contributed by atoms with E-state index in [1.807, 2.05) is 0 Å². The predicted molar refractivity (Wildman–Crippen MR) is 32.3 cm³/mol. The van der Waals surface area contributed by atoms with Crippen LogP contribution in [-0.4, -0.2) is 4.57 Å². The van der Waals surface area contributed by atoms with Gasteiger partial charge in [-0.25, -0.2) is 4.57 Å². The van der Waals surface area contributed by atoms with Crippen molar-refractivity contribution in [1.82, 2.24) is 4.57 Å². The Hall–Kier alpha value is -1.32. The summed E-state index contributed by atoms with van der Waals surface area (Å²) in [6.45, 7) is 0. The first-order chi connectivity index (χ1) is 4.61. The van der Waals surface area contributed by atoms with Crippen LogP contribution in [0.3, 0.4) is 0 Å². The van der Waals surface area contributed by atoms with Gasteiger partial charge in [-0.2, -0.15) is 0 Å². The highest BCUT2D eigenvalue weighted by Crippen LogP contribution is 1.85. The van der Waals surface area contributed by atoms with Crippen LogP contribution in [0.2, 0.25) is 0 Å². The number of hydrogen-bond donors (Lipinski definition) is 0. The van der Waals surface area contributed by atoms with E-state index in [-0.39, 0.29) is 11.4 Å². The molecule has 1 heterocycles. The lowest BCUT2D eigenvalue weighted by atomic mass is 10.6. The minimum atomic E-state index is -0.179. The van der Waals surface area contributed by atoms with Crippen molar-refractivity contribution in [1.29, 1.82) is 0 Å². The number of nitrogens with zero attached hydrogens (tertiary/aromatic N) is 2. The Morgan fingerprint density at radius 2 is 2.30 bits per heavy atom. The van der Waals surface area contributed by atoms with Crippen LogP contribution >= 0.6 is 0 Å². The van der Waals surface area contributed by atoms with Crippen LogP contribution in [0.25, 0.3) is 0 Å². The van der Waals surface area contributed by atoms with Gasteiger partial charge in [0, 0.05) is 7.05 Å². The average Bonchev–Trinajstić information content (AvgIpc) is 1.84. The zero-order valence-electron chi connectivity index (χ0n) is 5.87. The molecule has 0 fully saturated rings. The van der Waals surface area contributed by atoms with Gasteiger partial charge in [0.1, 0.15) is 7.05 Å².